The van der Waals surface area contributed by atoms with Gasteiger partial charge >= 0.3 is 0 Å². The van der Waals surface area contributed by atoms with Gasteiger partial charge in [-0.1, -0.05) is 24.3 Å². The van der Waals surface area contributed by atoms with Gasteiger partial charge in [0, 0.05) is 36.5 Å². The lowest BCUT2D eigenvalue weighted by molar-refractivity contribution is 0.460. The van der Waals surface area contributed by atoms with E-state index in [2.05, 4.69) is 22.8 Å². The maximum atomic E-state index is 13.5. The molecule has 0 amide bonds. The van der Waals surface area contributed by atoms with E-state index in [0.717, 1.165) is 44.1 Å². The summed E-state index contributed by atoms with van der Waals surface area (Å²) in [6, 6.07) is 18.1. The summed E-state index contributed by atoms with van der Waals surface area (Å²) in [5.74, 6) is 0.694. The van der Waals surface area contributed by atoms with Crippen LogP contribution >= 0.6 is 0 Å². The van der Waals surface area contributed by atoms with Gasteiger partial charge in [0.05, 0.1) is 21.7 Å². The van der Waals surface area contributed by atoms with Crippen molar-refractivity contribution in [3.05, 3.63) is 82.8 Å². The molecule has 0 spiro atoms. The number of aromatic nitrogens is 2. The number of fused-ring (bicyclic) bond motifs is 1. The number of aryl methyl sites for hydroxylation is 1. The smallest absolute Gasteiger partial charge is 0.262 e. The zero-order valence-corrected chi connectivity index (χ0v) is 24.1. The van der Waals surface area contributed by atoms with Crippen LogP contribution in [0.4, 0.5) is 11.5 Å². The Bertz CT molecular complexity index is 1810. The van der Waals surface area contributed by atoms with Crippen LogP contribution in [0.5, 0.6) is 0 Å². The van der Waals surface area contributed by atoms with E-state index in [4.69, 9.17) is 4.98 Å². The molecule has 0 saturated carbocycles. The third kappa shape index (κ3) is 6.43. The summed E-state index contributed by atoms with van der Waals surface area (Å²) in [5.41, 5.74) is 2.95. The summed E-state index contributed by atoms with van der Waals surface area (Å²) in [6.45, 7) is 2.04. The van der Waals surface area contributed by atoms with Gasteiger partial charge in [-0.15, -0.1) is 0 Å². The van der Waals surface area contributed by atoms with Gasteiger partial charge in [-0.2, -0.15) is 0 Å². The van der Waals surface area contributed by atoms with E-state index >= 15 is 0 Å². The maximum absolute atomic E-state index is 13.5. The van der Waals surface area contributed by atoms with E-state index in [1.165, 1.54) is 22.3 Å². The molecule has 1 aliphatic rings. The molecule has 40 heavy (non-hydrogen) atoms. The van der Waals surface area contributed by atoms with Crippen LogP contribution in [0, 0.1) is 0 Å². The van der Waals surface area contributed by atoms with Crippen molar-refractivity contribution in [1.29, 1.82) is 0 Å². The van der Waals surface area contributed by atoms with Crippen molar-refractivity contribution in [3.63, 3.8) is 0 Å². The largest absolute Gasteiger partial charge is 0.340 e. The minimum Gasteiger partial charge on any atom is -0.340 e. The summed E-state index contributed by atoms with van der Waals surface area (Å²) in [5, 5.41) is 7.67. The van der Waals surface area contributed by atoms with Crippen LogP contribution in [0.15, 0.2) is 76.6 Å². The first-order valence-electron chi connectivity index (χ1n) is 13.1. The highest BCUT2D eigenvalue weighted by Crippen LogP contribution is 2.30. The predicted octanol–water partition coefficient (Wildman–Crippen LogP) is 3.72. The van der Waals surface area contributed by atoms with Crippen LogP contribution < -0.4 is 16.2 Å². The molecule has 0 radical (unpaired) electrons. The average molecular weight is 581 g/mol. The number of rotatable bonds is 8. The van der Waals surface area contributed by atoms with E-state index in [0.29, 0.717) is 33.8 Å². The first-order valence-corrected chi connectivity index (χ1v) is 17.0. The van der Waals surface area contributed by atoms with Gasteiger partial charge in [-0.25, -0.2) is 21.8 Å². The highest BCUT2D eigenvalue weighted by atomic mass is 32.2. The lowest BCUT2D eigenvalue weighted by Crippen LogP contribution is -2.26. The molecule has 1 aliphatic heterocycles. The van der Waals surface area contributed by atoms with E-state index in [9.17, 15) is 21.6 Å². The highest BCUT2D eigenvalue weighted by Gasteiger charge is 2.17. The zero-order chi connectivity index (χ0) is 28.5. The lowest BCUT2D eigenvalue weighted by atomic mass is 9.90. The van der Waals surface area contributed by atoms with Gasteiger partial charge in [0.15, 0.2) is 9.84 Å². The molecule has 1 fully saturated rings. The fourth-order valence-corrected chi connectivity index (χ4v) is 6.14. The van der Waals surface area contributed by atoms with Crippen molar-refractivity contribution in [2.75, 3.05) is 36.7 Å². The van der Waals surface area contributed by atoms with Crippen molar-refractivity contribution in [2.45, 2.75) is 30.2 Å². The molecule has 9 nitrogen and oxygen atoms in total. The maximum Gasteiger partial charge on any atom is 0.262 e. The molecule has 2 aromatic heterocycles. The molecule has 0 unspecified atom stereocenters. The van der Waals surface area contributed by atoms with E-state index in [1.54, 1.807) is 30.5 Å². The molecule has 0 bridgehead atoms. The minimum atomic E-state index is -3.35. The number of nitrogens with one attached hydrogen (secondary N) is 2. The Labute approximate surface area is 234 Å². The summed E-state index contributed by atoms with van der Waals surface area (Å²) in [7, 11) is -6.61. The molecule has 0 atom stereocenters. The standard InChI is InChI=1S/C29H32N4O5S2/c1-39(35,36)18-17-33-16-13-23-19-26(22-5-9-25(10-6-22)40(2,37)38)32-28(27(23)29(33)34)31-24-7-3-20(4-8-24)21-11-14-30-15-12-21/h3-10,13,16,19,21,30H,11-12,14-15,17-18H2,1-2H3,(H,31,32). The first kappa shape index (κ1) is 28.0. The molecule has 210 valence electrons. The fraction of sp³-hybridized carbons (Fsp3) is 0.310. The number of sulfone groups is 2. The van der Waals surface area contributed by atoms with Crippen LogP contribution in [0.2, 0.25) is 0 Å². The number of benzene rings is 2. The molecule has 3 heterocycles. The Hall–Kier alpha value is -3.54. The number of pyridine rings is 2. The van der Waals surface area contributed by atoms with Crippen molar-refractivity contribution < 1.29 is 16.8 Å². The van der Waals surface area contributed by atoms with Crippen LogP contribution in [0.25, 0.3) is 22.0 Å². The molecule has 2 aromatic carbocycles. The minimum absolute atomic E-state index is 0.0344. The highest BCUT2D eigenvalue weighted by molar-refractivity contribution is 7.91. The predicted molar refractivity (Wildman–Crippen MR) is 159 cm³/mol. The molecular weight excluding hydrogens is 548 g/mol. The van der Waals surface area contributed by atoms with E-state index in [-0.39, 0.29) is 22.8 Å². The van der Waals surface area contributed by atoms with Crippen molar-refractivity contribution in [3.8, 4) is 11.3 Å². The van der Waals surface area contributed by atoms with Gasteiger partial charge in [-0.05, 0) is 79.2 Å². The zero-order valence-electron chi connectivity index (χ0n) is 22.4. The topological polar surface area (TPSA) is 127 Å². The van der Waals surface area contributed by atoms with E-state index < -0.39 is 19.7 Å². The lowest BCUT2D eigenvalue weighted by Gasteiger charge is -2.23. The van der Waals surface area contributed by atoms with Crippen molar-refractivity contribution in [1.82, 2.24) is 14.9 Å². The van der Waals surface area contributed by atoms with Crippen LogP contribution in [0.3, 0.4) is 0 Å². The monoisotopic (exact) mass is 580 g/mol. The van der Waals surface area contributed by atoms with Crippen molar-refractivity contribution in [2.24, 2.45) is 0 Å². The summed E-state index contributed by atoms with van der Waals surface area (Å²) in [4.78, 5) is 18.5. The Balaban J connectivity index is 1.57. The van der Waals surface area contributed by atoms with Gasteiger partial charge in [0.25, 0.3) is 5.56 Å². The summed E-state index contributed by atoms with van der Waals surface area (Å²) < 4.78 is 48.7. The normalized spacial score (nSPS) is 14.8. The van der Waals surface area contributed by atoms with Crippen LogP contribution in [-0.2, 0) is 26.2 Å². The summed E-state index contributed by atoms with van der Waals surface area (Å²) in [6.07, 6.45) is 6.06. The van der Waals surface area contributed by atoms with Crippen molar-refractivity contribution >= 4 is 42.0 Å². The van der Waals surface area contributed by atoms with Crippen LogP contribution in [-0.4, -0.2) is 57.7 Å². The van der Waals surface area contributed by atoms with Gasteiger partial charge in [0.2, 0.25) is 0 Å². The fourth-order valence-electron chi connectivity index (χ4n) is 4.98. The molecule has 2 N–H and O–H groups in total. The number of hydrogen-bond acceptors (Lipinski definition) is 8. The molecular formula is C29H32N4O5S2. The summed E-state index contributed by atoms with van der Waals surface area (Å²) >= 11 is 0. The molecule has 11 heteroatoms. The second-order valence-electron chi connectivity index (χ2n) is 10.3. The second kappa shape index (κ2) is 11.1. The Morgan fingerprint density at radius 1 is 0.950 bits per heavy atom. The first-order chi connectivity index (χ1) is 19.0. The quantitative estimate of drug-likeness (QED) is 0.323. The molecule has 1 saturated heterocycles. The molecule has 4 aromatic rings. The molecule has 5 rings (SSSR count). The van der Waals surface area contributed by atoms with Crippen LogP contribution in [0.1, 0.15) is 24.3 Å². The second-order valence-corrected chi connectivity index (χ2v) is 14.6. The van der Waals surface area contributed by atoms with Gasteiger partial charge < -0.3 is 15.2 Å². The average Bonchev–Trinajstić information content (AvgIpc) is 2.92. The number of nitrogens with zero attached hydrogens (tertiary/aromatic N) is 2. The molecule has 0 aliphatic carbocycles. The number of hydrogen-bond donors (Lipinski definition) is 2. The third-order valence-corrected chi connectivity index (χ3v) is 9.28. The Morgan fingerprint density at radius 3 is 2.25 bits per heavy atom. The van der Waals surface area contributed by atoms with Gasteiger partial charge in [0.1, 0.15) is 15.7 Å². The number of anilines is 2. The Kier molecular flexibility index (Phi) is 7.80. The third-order valence-electron chi connectivity index (χ3n) is 7.22. The SMILES string of the molecule is CS(=O)(=O)CCn1ccc2cc(-c3ccc(S(C)(=O)=O)cc3)nc(Nc3ccc(C4CCNCC4)cc3)c2c1=O. The van der Waals surface area contributed by atoms with E-state index in [1.807, 2.05) is 12.1 Å². The Morgan fingerprint density at radius 2 is 1.62 bits per heavy atom. The number of piperidine rings is 1. The van der Waals surface area contributed by atoms with Gasteiger partial charge in [-0.3, -0.25) is 4.79 Å².